The van der Waals surface area contributed by atoms with E-state index in [0.717, 1.165) is 22.6 Å². The van der Waals surface area contributed by atoms with Gasteiger partial charge in [0.2, 0.25) is 10.0 Å². The molecule has 0 radical (unpaired) electrons. The van der Waals surface area contributed by atoms with Crippen molar-refractivity contribution >= 4 is 33.4 Å². The monoisotopic (exact) mass is 383 g/mol. The number of benzene rings is 2. The quantitative estimate of drug-likeness (QED) is 0.797. The Balaban J connectivity index is 1.95. The zero-order chi connectivity index (χ0) is 17.3. The minimum absolute atomic E-state index is 0.227. The number of methoxy groups -OCH3 is 1. The maximum absolute atomic E-state index is 13.0. The van der Waals surface area contributed by atoms with E-state index < -0.39 is 10.0 Å². The highest BCUT2D eigenvalue weighted by Gasteiger charge is 2.36. The van der Waals surface area contributed by atoms with Gasteiger partial charge in [-0.25, -0.2) is 8.42 Å². The fourth-order valence-corrected chi connectivity index (χ4v) is 6.12. The first kappa shape index (κ1) is 17.6. The van der Waals surface area contributed by atoms with Gasteiger partial charge in [0.05, 0.1) is 17.4 Å². The number of nitrogens with zero attached hydrogens (tertiary/aromatic N) is 1. The van der Waals surface area contributed by atoms with E-state index in [1.807, 2.05) is 25.1 Å². The van der Waals surface area contributed by atoms with Crippen molar-refractivity contribution in [2.45, 2.75) is 17.2 Å². The topological polar surface area (TPSA) is 46.6 Å². The van der Waals surface area contributed by atoms with E-state index in [1.54, 1.807) is 47.4 Å². The van der Waals surface area contributed by atoms with E-state index in [4.69, 9.17) is 16.3 Å². The molecule has 7 heteroatoms. The van der Waals surface area contributed by atoms with E-state index in [-0.39, 0.29) is 10.3 Å². The Bertz CT molecular complexity index is 837. The van der Waals surface area contributed by atoms with Crippen molar-refractivity contribution in [1.29, 1.82) is 0 Å². The van der Waals surface area contributed by atoms with Crippen molar-refractivity contribution in [3.8, 4) is 5.75 Å². The second kappa shape index (κ2) is 6.96. The number of rotatable bonds is 4. The lowest BCUT2D eigenvalue weighted by Gasteiger charge is -2.24. The third-order valence-electron chi connectivity index (χ3n) is 3.97. The first-order valence-corrected chi connectivity index (χ1v) is 10.3. The van der Waals surface area contributed by atoms with Gasteiger partial charge in [0.15, 0.2) is 0 Å². The average molecular weight is 384 g/mol. The molecule has 2 aromatic rings. The molecular formula is C17H18ClNO3S2. The minimum atomic E-state index is -3.56. The Hall–Kier alpha value is -1.21. The molecule has 3 rings (SSSR count). The van der Waals surface area contributed by atoms with Gasteiger partial charge in [0.25, 0.3) is 0 Å². The van der Waals surface area contributed by atoms with Gasteiger partial charge in [-0.05, 0) is 54.4 Å². The van der Waals surface area contributed by atoms with Crippen LogP contribution >= 0.6 is 23.4 Å². The van der Waals surface area contributed by atoms with Crippen molar-refractivity contribution in [1.82, 2.24) is 4.31 Å². The first-order valence-electron chi connectivity index (χ1n) is 7.47. The number of hydrogen-bond donors (Lipinski definition) is 0. The molecule has 24 heavy (non-hydrogen) atoms. The smallest absolute Gasteiger partial charge is 0.244 e. The van der Waals surface area contributed by atoms with Gasteiger partial charge in [-0.2, -0.15) is 4.31 Å². The summed E-state index contributed by atoms with van der Waals surface area (Å²) < 4.78 is 32.8. The average Bonchev–Trinajstić information content (AvgIpc) is 3.05. The van der Waals surface area contributed by atoms with Gasteiger partial charge in [0.1, 0.15) is 5.75 Å². The second-order valence-corrected chi connectivity index (χ2v) is 9.04. The Morgan fingerprint density at radius 2 is 1.92 bits per heavy atom. The lowest BCUT2D eigenvalue weighted by Crippen LogP contribution is -2.30. The van der Waals surface area contributed by atoms with Gasteiger partial charge in [0, 0.05) is 17.3 Å². The molecule has 0 spiro atoms. The largest absolute Gasteiger partial charge is 0.496 e. The van der Waals surface area contributed by atoms with Gasteiger partial charge in [-0.15, -0.1) is 11.8 Å². The van der Waals surface area contributed by atoms with Crippen LogP contribution in [0, 0.1) is 6.92 Å². The number of halogens is 1. The number of hydrogen-bond acceptors (Lipinski definition) is 4. The highest BCUT2D eigenvalue weighted by atomic mass is 35.5. The summed E-state index contributed by atoms with van der Waals surface area (Å²) in [6.07, 6.45) is 0. The summed E-state index contributed by atoms with van der Waals surface area (Å²) in [6, 6.07) is 12.1. The summed E-state index contributed by atoms with van der Waals surface area (Å²) in [5, 5.41) is 0.294. The van der Waals surface area contributed by atoms with Crippen LogP contribution in [0.15, 0.2) is 47.4 Å². The van der Waals surface area contributed by atoms with Crippen LogP contribution in [0.2, 0.25) is 5.02 Å². The van der Waals surface area contributed by atoms with Crippen LogP contribution in [-0.2, 0) is 10.0 Å². The number of thioether (sulfide) groups is 1. The van der Waals surface area contributed by atoms with Gasteiger partial charge in [-0.3, -0.25) is 0 Å². The summed E-state index contributed by atoms with van der Waals surface area (Å²) in [4.78, 5) is 0.268. The van der Waals surface area contributed by atoms with E-state index in [2.05, 4.69) is 0 Å². The van der Waals surface area contributed by atoms with Gasteiger partial charge < -0.3 is 4.74 Å². The summed E-state index contributed by atoms with van der Waals surface area (Å²) in [7, 11) is -1.93. The summed E-state index contributed by atoms with van der Waals surface area (Å²) in [6.45, 7) is 2.45. The fraction of sp³-hybridized carbons (Fsp3) is 0.294. The number of ether oxygens (including phenoxy) is 1. The van der Waals surface area contributed by atoms with Crippen LogP contribution in [0.5, 0.6) is 5.75 Å². The Kier molecular flexibility index (Phi) is 5.11. The fourth-order valence-electron chi connectivity index (χ4n) is 2.76. The standard InChI is InChI=1S/C17H18ClNO3S2/c1-12-11-13(3-8-16(12)22-2)17-19(9-10-23-17)24(20,21)15-6-4-14(18)5-7-15/h3-8,11,17H,9-10H2,1-2H3. The molecular weight excluding hydrogens is 366 g/mol. The van der Waals surface area contributed by atoms with Crippen molar-refractivity contribution in [2.24, 2.45) is 0 Å². The number of aryl methyl sites for hydroxylation is 1. The predicted molar refractivity (Wildman–Crippen MR) is 98.3 cm³/mol. The van der Waals surface area contributed by atoms with Crippen molar-refractivity contribution in [3.05, 3.63) is 58.6 Å². The van der Waals surface area contributed by atoms with E-state index in [9.17, 15) is 8.42 Å². The molecule has 1 aliphatic heterocycles. The van der Waals surface area contributed by atoms with Gasteiger partial charge in [-0.1, -0.05) is 17.7 Å². The molecule has 1 fully saturated rings. The summed E-state index contributed by atoms with van der Waals surface area (Å²) in [5.74, 6) is 1.57. The van der Waals surface area contributed by atoms with E-state index in [1.165, 1.54) is 0 Å². The molecule has 1 unspecified atom stereocenters. The molecule has 0 N–H and O–H groups in total. The molecule has 2 aromatic carbocycles. The normalized spacial score (nSPS) is 18.7. The molecule has 0 aromatic heterocycles. The molecule has 128 valence electrons. The SMILES string of the molecule is COc1ccc(C2SCCN2S(=O)(=O)c2ccc(Cl)cc2)cc1C. The maximum atomic E-state index is 13.0. The van der Waals surface area contributed by atoms with Crippen LogP contribution < -0.4 is 4.74 Å². The Morgan fingerprint density at radius 1 is 1.21 bits per heavy atom. The lowest BCUT2D eigenvalue weighted by molar-refractivity contribution is 0.410. The maximum Gasteiger partial charge on any atom is 0.244 e. The lowest BCUT2D eigenvalue weighted by atomic mass is 10.1. The minimum Gasteiger partial charge on any atom is -0.496 e. The Morgan fingerprint density at radius 3 is 2.54 bits per heavy atom. The van der Waals surface area contributed by atoms with Crippen LogP contribution in [0.3, 0.4) is 0 Å². The molecule has 1 aliphatic rings. The van der Waals surface area contributed by atoms with Crippen molar-refractivity contribution in [3.63, 3.8) is 0 Å². The third-order valence-corrected chi connectivity index (χ3v) is 7.50. The van der Waals surface area contributed by atoms with Crippen molar-refractivity contribution < 1.29 is 13.2 Å². The van der Waals surface area contributed by atoms with E-state index in [0.29, 0.717) is 11.6 Å². The number of sulfonamides is 1. The van der Waals surface area contributed by atoms with Crippen molar-refractivity contribution in [2.75, 3.05) is 19.4 Å². The molecule has 1 atom stereocenters. The first-order chi connectivity index (χ1) is 11.4. The molecule has 0 aliphatic carbocycles. The molecule has 1 heterocycles. The van der Waals surface area contributed by atoms with Gasteiger partial charge >= 0.3 is 0 Å². The van der Waals surface area contributed by atoms with Crippen LogP contribution in [0.1, 0.15) is 16.5 Å². The zero-order valence-corrected chi connectivity index (χ0v) is 15.8. The third kappa shape index (κ3) is 3.28. The van der Waals surface area contributed by atoms with Crippen LogP contribution in [0.4, 0.5) is 0 Å². The second-order valence-electron chi connectivity index (χ2n) is 5.52. The Labute approximate surface area is 151 Å². The molecule has 0 amide bonds. The van der Waals surface area contributed by atoms with Crippen LogP contribution in [0.25, 0.3) is 0 Å². The summed E-state index contributed by atoms with van der Waals surface area (Å²) >= 11 is 7.50. The molecule has 0 bridgehead atoms. The predicted octanol–water partition coefficient (Wildman–Crippen LogP) is 4.09. The molecule has 4 nitrogen and oxygen atoms in total. The zero-order valence-electron chi connectivity index (χ0n) is 13.4. The highest BCUT2D eigenvalue weighted by molar-refractivity contribution is 8.01. The molecule has 0 saturated carbocycles. The van der Waals surface area contributed by atoms with Crippen LogP contribution in [-0.4, -0.2) is 32.1 Å². The molecule has 1 saturated heterocycles. The highest BCUT2D eigenvalue weighted by Crippen LogP contribution is 2.42. The van der Waals surface area contributed by atoms with E-state index >= 15 is 0 Å². The summed E-state index contributed by atoms with van der Waals surface area (Å²) in [5.41, 5.74) is 1.96.